The minimum absolute atomic E-state index is 0. The van der Waals surface area contributed by atoms with Crippen LogP contribution in [0.5, 0.6) is 0 Å². The fourth-order valence-corrected chi connectivity index (χ4v) is 0. The summed E-state index contributed by atoms with van der Waals surface area (Å²) in [5.74, 6) is 0. The summed E-state index contributed by atoms with van der Waals surface area (Å²) in [7, 11) is 0. The van der Waals surface area contributed by atoms with E-state index in [2.05, 4.69) is 0 Å². The van der Waals surface area contributed by atoms with E-state index in [9.17, 15) is 0 Å². The van der Waals surface area contributed by atoms with Crippen molar-refractivity contribution in [1.29, 1.82) is 0 Å². The SMILES string of the molecule is O=[As](O)(O)O.O=[As](O)(O)O.[Ca+2].[Ca+2].[Ca+2].[Ca+2].[H-].[H-].[H-].[H-].[H-].[H-].[H-].[H-]. The molecule has 14 heteroatoms. The normalized spacial score (nSPS) is 8.43. The molecule has 0 fully saturated rings. The van der Waals surface area contributed by atoms with Crippen LogP contribution in [0, 0.1) is 0 Å². The van der Waals surface area contributed by atoms with Crippen molar-refractivity contribution >= 4 is 180 Å². The third-order valence-corrected chi connectivity index (χ3v) is 0. The van der Waals surface area contributed by atoms with Crippen molar-refractivity contribution in [2.45, 2.75) is 0 Å². The van der Waals surface area contributed by atoms with Gasteiger partial charge in [-0.2, -0.15) is 0 Å². The fourth-order valence-electron chi connectivity index (χ4n) is 0. The Balaban J connectivity index is -0.00000000314. The largest absolute Gasteiger partial charge is 2.00 e. The molecule has 8 nitrogen and oxygen atoms in total. The zero-order chi connectivity index (χ0) is 9.00. The molecular weight excluding hydrogens is 438 g/mol. The summed E-state index contributed by atoms with van der Waals surface area (Å²) in [6, 6.07) is 0. The van der Waals surface area contributed by atoms with Gasteiger partial charge in [-0.3, -0.25) is 0 Å². The summed E-state index contributed by atoms with van der Waals surface area (Å²) >= 11 is -10.2. The molecule has 0 aromatic heterocycles. The molecule has 0 unspecified atom stereocenters. The Morgan fingerprint density at radius 2 is 0.571 bits per heavy atom. The Morgan fingerprint density at radius 3 is 0.571 bits per heavy atom. The first-order valence-corrected chi connectivity index (χ1v) is 8.13. The molecule has 0 heterocycles. The Morgan fingerprint density at radius 1 is 0.571 bits per heavy atom. The van der Waals surface area contributed by atoms with E-state index in [1.807, 2.05) is 0 Å². The molecular formula is H14As2Ca4O8. The maximum atomic E-state index is 8.94. The van der Waals surface area contributed by atoms with E-state index in [-0.39, 0.29) is 162 Å². The molecule has 0 spiro atoms. The minimum Gasteiger partial charge on any atom is -1.00 e. The Kier molecular flexibility index (Phi) is 48.4. The first-order chi connectivity index (χ1) is 4.00. The van der Waals surface area contributed by atoms with E-state index >= 15 is 0 Å². The quantitative estimate of drug-likeness (QED) is 0.200. The summed E-state index contributed by atoms with van der Waals surface area (Å²) in [5, 5.41) is 0. The van der Waals surface area contributed by atoms with Gasteiger partial charge in [-0.25, -0.2) is 0 Å². The topological polar surface area (TPSA) is 156 Å². The second kappa shape index (κ2) is 18.5. The van der Waals surface area contributed by atoms with Crippen LogP contribution in [0.2, 0.25) is 0 Å². The van der Waals surface area contributed by atoms with Gasteiger partial charge in [0, 0.05) is 0 Å². The van der Waals surface area contributed by atoms with Crippen LogP contribution in [0.25, 0.3) is 0 Å². The van der Waals surface area contributed by atoms with E-state index < -0.39 is 29.0 Å². The van der Waals surface area contributed by atoms with Crippen molar-refractivity contribution in [3.63, 3.8) is 0 Å². The molecule has 0 aliphatic heterocycles. The zero-order valence-corrected chi connectivity index (χ0v) is 19.8. The van der Waals surface area contributed by atoms with Gasteiger partial charge in [-0.05, 0) is 0 Å². The standard InChI is InChI=1S/2AsH3O4.4Ca.8H/c2*2-1(3,4)5;;;;;;;;;;;;/h2*(H3,2,3,4,5);;;;;;;;;;;;/q;;4*+2;8*-1. The summed E-state index contributed by atoms with van der Waals surface area (Å²) < 4.78 is 61.4. The Bertz CT molecular complexity index is 152. The van der Waals surface area contributed by atoms with Crippen molar-refractivity contribution in [2.75, 3.05) is 0 Å². The van der Waals surface area contributed by atoms with E-state index in [1.165, 1.54) is 0 Å². The summed E-state index contributed by atoms with van der Waals surface area (Å²) in [4.78, 5) is 0. The van der Waals surface area contributed by atoms with E-state index in [4.69, 9.17) is 32.1 Å². The molecule has 6 N–H and O–H groups in total. The summed E-state index contributed by atoms with van der Waals surface area (Å²) in [6.07, 6.45) is 0. The van der Waals surface area contributed by atoms with Gasteiger partial charge < -0.3 is 11.4 Å². The van der Waals surface area contributed by atoms with Gasteiger partial charge in [0.15, 0.2) is 0 Å². The zero-order valence-electron chi connectivity index (χ0n) is 15.2. The van der Waals surface area contributed by atoms with Crippen LogP contribution in [-0.2, 0) is 7.48 Å². The van der Waals surface area contributed by atoms with Gasteiger partial charge >= 0.3 is 212 Å². The van der Waals surface area contributed by atoms with Crippen LogP contribution in [0.3, 0.4) is 0 Å². The molecule has 0 rings (SSSR count). The summed E-state index contributed by atoms with van der Waals surface area (Å²) in [5.41, 5.74) is 0. The van der Waals surface area contributed by atoms with Gasteiger partial charge in [0.2, 0.25) is 0 Å². The monoisotopic (exact) mass is 452 g/mol. The van der Waals surface area contributed by atoms with Gasteiger partial charge in [0.1, 0.15) is 0 Å². The minimum atomic E-state index is -5.12. The summed E-state index contributed by atoms with van der Waals surface area (Å²) in [6.45, 7) is 0. The number of hydrogen-bond donors (Lipinski definition) is 6. The average Bonchev–Trinajstić information content (AvgIpc) is 1.12. The van der Waals surface area contributed by atoms with Gasteiger partial charge in [-0.15, -0.1) is 0 Å². The van der Waals surface area contributed by atoms with Crippen molar-refractivity contribution in [1.82, 2.24) is 0 Å². The molecule has 0 saturated carbocycles. The predicted molar refractivity (Wildman–Crippen MR) is 58.1 cm³/mol. The Labute approximate surface area is 218 Å². The molecule has 14 heavy (non-hydrogen) atoms. The maximum absolute atomic E-state index is 8.94. The first kappa shape index (κ1) is 36.6. The molecule has 0 aromatic rings. The molecule has 0 radical (unpaired) electrons. The molecule has 0 aliphatic carbocycles. The molecule has 0 bridgehead atoms. The van der Waals surface area contributed by atoms with E-state index in [0.717, 1.165) is 0 Å². The van der Waals surface area contributed by atoms with Crippen LogP contribution < -0.4 is 0 Å². The molecule has 0 amide bonds. The smallest absolute Gasteiger partial charge is 1.00 e. The van der Waals surface area contributed by atoms with Gasteiger partial charge in [0.05, 0.1) is 0 Å². The van der Waals surface area contributed by atoms with Gasteiger partial charge in [0.25, 0.3) is 0 Å². The average molecular weight is 452 g/mol. The second-order valence-electron chi connectivity index (χ2n) is 1.03. The number of hydrogen-bond acceptors (Lipinski definition) is 2. The van der Waals surface area contributed by atoms with Crippen molar-refractivity contribution in [3.8, 4) is 0 Å². The van der Waals surface area contributed by atoms with Crippen LogP contribution in [0.15, 0.2) is 0 Å². The maximum Gasteiger partial charge on any atom is 2.00 e. The molecule has 0 atom stereocenters. The van der Waals surface area contributed by atoms with Gasteiger partial charge in [-0.1, -0.05) is 0 Å². The third kappa shape index (κ3) is 157. The van der Waals surface area contributed by atoms with Crippen molar-refractivity contribution in [2.24, 2.45) is 0 Å². The predicted octanol–water partition coefficient (Wildman–Crippen LogP) is -4.96. The first-order valence-electron chi connectivity index (χ1n) is 1.57. The van der Waals surface area contributed by atoms with Crippen molar-refractivity contribution < 1.29 is 43.5 Å². The molecule has 0 aromatic carbocycles. The van der Waals surface area contributed by atoms with Crippen molar-refractivity contribution in [3.05, 3.63) is 0 Å². The van der Waals surface area contributed by atoms with E-state index in [0.29, 0.717) is 0 Å². The second-order valence-corrected chi connectivity index (χ2v) is 5.33. The molecule has 0 aliphatic rings. The van der Waals surface area contributed by atoms with Crippen LogP contribution >= 0.6 is 0 Å². The fraction of sp³-hybridized carbons (Fsp3) is 0. The molecule has 80 valence electrons. The number of rotatable bonds is 0. The van der Waals surface area contributed by atoms with Crippen LogP contribution in [0.4, 0.5) is 0 Å². The Hall–Kier alpha value is 5.52. The molecule has 0 saturated heterocycles. The van der Waals surface area contributed by atoms with Crippen LogP contribution in [0.1, 0.15) is 11.4 Å². The third-order valence-electron chi connectivity index (χ3n) is 0. The van der Waals surface area contributed by atoms with E-state index in [1.54, 1.807) is 0 Å². The van der Waals surface area contributed by atoms with Crippen LogP contribution in [-0.4, -0.2) is 205 Å².